The van der Waals surface area contributed by atoms with Gasteiger partial charge in [0.1, 0.15) is 0 Å². The smallest absolute Gasteiger partial charge is 0.220 e. The van der Waals surface area contributed by atoms with Gasteiger partial charge in [0, 0.05) is 17.1 Å². The Bertz CT molecular complexity index is 3750. The van der Waals surface area contributed by atoms with E-state index in [2.05, 4.69) is 262 Å². The van der Waals surface area contributed by atoms with E-state index < -0.39 is 5.41 Å². The second kappa shape index (κ2) is 14.5. The van der Waals surface area contributed by atoms with E-state index in [0.29, 0.717) is 0 Å². The molecule has 0 fully saturated rings. The monoisotopic (exact) mass is 876 g/mol. The molecule has 0 amide bonds. The number of rotatable bonds is 5. The first-order valence-electron chi connectivity index (χ1n) is 24.0. The van der Waals surface area contributed by atoms with Crippen LogP contribution in [0, 0.1) is 0 Å². The van der Waals surface area contributed by atoms with Crippen molar-refractivity contribution in [1.29, 1.82) is 0 Å². The number of benzene rings is 9. The summed E-state index contributed by atoms with van der Waals surface area (Å²) < 4.78 is 4.67. The second-order valence-electron chi connectivity index (χ2n) is 20.9. The molecule has 0 atom stereocenters. The molecule has 13 rings (SSSR count). The third-order valence-electron chi connectivity index (χ3n) is 14.8. The van der Waals surface area contributed by atoms with E-state index >= 15 is 0 Å². The van der Waals surface area contributed by atoms with Crippen LogP contribution in [0.2, 0.25) is 0 Å². The Kier molecular flexibility index (Phi) is 8.62. The summed E-state index contributed by atoms with van der Waals surface area (Å²) in [6.07, 6.45) is 0. The Morgan fingerprint density at radius 2 is 0.897 bits per heavy atom. The highest BCUT2D eigenvalue weighted by atomic mass is 15.2. The quantitative estimate of drug-likeness (QED) is 0.172. The topological polar surface area (TPSA) is 25.5 Å². The zero-order valence-electron chi connectivity index (χ0n) is 39.4. The van der Waals surface area contributed by atoms with Gasteiger partial charge in [-0.1, -0.05) is 181 Å². The average Bonchev–Trinajstić information content (AvgIpc) is 4.07. The van der Waals surface area contributed by atoms with Crippen LogP contribution in [0.25, 0.3) is 66.9 Å². The number of hydrogen-bond donors (Lipinski definition) is 0. The Hall–Kier alpha value is -7.95. The van der Waals surface area contributed by atoms with Crippen molar-refractivity contribution in [1.82, 2.24) is 14.0 Å². The third kappa shape index (κ3) is 5.83. The summed E-state index contributed by atoms with van der Waals surface area (Å²) >= 11 is 0. The van der Waals surface area contributed by atoms with Gasteiger partial charge in [-0.3, -0.25) is 8.97 Å². The predicted molar refractivity (Wildman–Crippen MR) is 283 cm³/mol. The Morgan fingerprint density at radius 1 is 0.397 bits per heavy atom. The fraction of sp³-hybridized carbons (Fsp3) is 0.141. The summed E-state index contributed by atoms with van der Waals surface area (Å²) in [4.78, 5) is 7.80. The molecule has 4 nitrogen and oxygen atoms in total. The molecule has 0 saturated heterocycles. The minimum absolute atomic E-state index is 0.0889. The fourth-order valence-electron chi connectivity index (χ4n) is 11.5. The van der Waals surface area contributed by atoms with Crippen LogP contribution in [-0.2, 0) is 16.2 Å². The number of para-hydroxylation sites is 4. The molecule has 2 heterocycles. The van der Waals surface area contributed by atoms with Gasteiger partial charge in [0.2, 0.25) is 5.78 Å². The molecule has 1 spiro atoms. The van der Waals surface area contributed by atoms with Gasteiger partial charge in [-0.15, -0.1) is 0 Å². The minimum Gasteiger partial charge on any atom is -0.310 e. The van der Waals surface area contributed by atoms with Gasteiger partial charge in [0.25, 0.3) is 0 Å². The lowest BCUT2D eigenvalue weighted by atomic mass is 9.70. The standard InChI is InChI=1S/C64H52N4/c1-62(2,3)43-31-27-41(28-32-43)42-29-33-45(34-30-42)66(46-35-36-52-51-19-9-12-22-55(51)64(56(52)40-46)53-20-10-7-17-49(53)50-18-8-11-21-54(50)64)47-37-44(63(4,5)6)38-48(39-47)67-59-25-15-16-26-60(59)68-58-24-14-13-23-57(58)65-61(67)68/h7-40H,1-6H3. The highest BCUT2D eigenvalue weighted by Crippen LogP contribution is 2.63. The molecular formula is C64H52N4. The summed E-state index contributed by atoms with van der Waals surface area (Å²) in [6, 6.07) is 77.0. The summed E-state index contributed by atoms with van der Waals surface area (Å²) in [5.41, 5.74) is 23.6. The Balaban J connectivity index is 1.07. The van der Waals surface area contributed by atoms with Crippen molar-refractivity contribution in [3.63, 3.8) is 0 Å². The number of anilines is 3. The molecular weight excluding hydrogens is 825 g/mol. The van der Waals surface area contributed by atoms with E-state index in [1.807, 2.05) is 0 Å². The summed E-state index contributed by atoms with van der Waals surface area (Å²) in [7, 11) is 0. The molecule has 2 aliphatic rings. The molecule has 0 unspecified atom stereocenters. The number of imidazole rings is 2. The van der Waals surface area contributed by atoms with Gasteiger partial charge in [-0.2, -0.15) is 0 Å². The third-order valence-corrected chi connectivity index (χ3v) is 14.8. The highest BCUT2D eigenvalue weighted by molar-refractivity contribution is 5.97. The van der Waals surface area contributed by atoms with Gasteiger partial charge < -0.3 is 4.90 Å². The molecule has 0 bridgehead atoms. The molecule has 11 aromatic rings. The van der Waals surface area contributed by atoms with Crippen LogP contribution in [0.4, 0.5) is 17.1 Å². The largest absolute Gasteiger partial charge is 0.310 e. The van der Waals surface area contributed by atoms with Crippen LogP contribution in [0.15, 0.2) is 206 Å². The zero-order valence-corrected chi connectivity index (χ0v) is 39.4. The van der Waals surface area contributed by atoms with Gasteiger partial charge in [0.05, 0.1) is 33.2 Å². The van der Waals surface area contributed by atoms with E-state index in [1.165, 1.54) is 66.8 Å². The first-order valence-corrected chi connectivity index (χ1v) is 24.0. The first kappa shape index (κ1) is 40.3. The van der Waals surface area contributed by atoms with Crippen molar-refractivity contribution >= 4 is 44.9 Å². The molecule has 9 aromatic carbocycles. The second-order valence-corrected chi connectivity index (χ2v) is 20.9. The highest BCUT2D eigenvalue weighted by Gasteiger charge is 2.51. The van der Waals surface area contributed by atoms with Gasteiger partial charge in [-0.05, 0) is 144 Å². The zero-order chi connectivity index (χ0) is 46.1. The van der Waals surface area contributed by atoms with Crippen LogP contribution >= 0.6 is 0 Å². The molecule has 2 aliphatic carbocycles. The summed E-state index contributed by atoms with van der Waals surface area (Å²) in [5, 5.41) is 0. The van der Waals surface area contributed by atoms with Crippen molar-refractivity contribution in [3.05, 3.63) is 240 Å². The predicted octanol–water partition coefficient (Wildman–Crippen LogP) is 16.5. The maximum atomic E-state index is 5.32. The van der Waals surface area contributed by atoms with E-state index in [4.69, 9.17) is 4.98 Å². The molecule has 0 N–H and O–H groups in total. The van der Waals surface area contributed by atoms with Crippen LogP contribution in [-0.4, -0.2) is 14.0 Å². The van der Waals surface area contributed by atoms with Crippen LogP contribution < -0.4 is 4.90 Å². The summed E-state index contributed by atoms with van der Waals surface area (Å²) in [5.74, 6) is 0.897. The molecule has 0 radical (unpaired) electrons. The van der Waals surface area contributed by atoms with Gasteiger partial charge in [0.15, 0.2) is 0 Å². The Labute approximate surface area is 398 Å². The molecule has 328 valence electrons. The van der Waals surface area contributed by atoms with Crippen molar-refractivity contribution in [2.24, 2.45) is 0 Å². The maximum absolute atomic E-state index is 5.32. The summed E-state index contributed by atoms with van der Waals surface area (Å²) in [6.45, 7) is 13.8. The van der Waals surface area contributed by atoms with Crippen molar-refractivity contribution in [2.75, 3.05) is 4.90 Å². The molecule has 2 aromatic heterocycles. The van der Waals surface area contributed by atoms with E-state index in [-0.39, 0.29) is 10.8 Å². The van der Waals surface area contributed by atoms with Gasteiger partial charge in [-0.25, -0.2) is 4.98 Å². The molecule has 0 aliphatic heterocycles. The minimum atomic E-state index is -0.472. The fourth-order valence-corrected chi connectivity index (χ4v) is 11.5. The maximum Gasteiger partial charge on any atom is 0.220 e. The molecule has 0 saturated carbocycles. The van der Waals surface area contributed by atoms with Crippen molar-refractivity contribution in [3.8, 4) is 39.1 Å². The molecule has 4 heteroatoms. The van der Waals surface area contributed by atoms with E-state index in [0.717, 1.165) is 50.6 Å². The lowest BCUT2D eigenvalue weighted by molar-refractivity contribution is 0.590. The van der Waals surface area contributed by atoms with Crippen LogP contribution in [0.5, 0.6) is 0 Å². The normalized spacial score (nSPS) is 13.6. The Morgan fingerprint density at radius 3 is 1.50 bits per heavy atom. The number of hydrogen-bond acceptors (Lipinski definition) is 2. The average molecular weight is 877 g/mol. The lowest BCUT2D eigenvalue weighted by Gasteiger charge is -2.33. The van der Waals surface area contributed by atoms with Crippen LogP contribution in [0.1, 0.15) is 74.9 Å². The lowest BCUT2D eigenvalue weighted by Crippen LogP contribution is -2.26. The van der Waals surface area contributed by atoms with Crippen molar-refractivity contribution < 1.29 is 0 Å². The number of nitrogens with zero attached hydrogens (tertiary/aromatic N) is 4. The first-order chi connectivity index (χ1) is 33.0. The number of aromatic nitrogens is 3. The van der Waals surface area contributed by atoms with Crippen molar-refractivity contribution in [2.45, 2.75) is 57.8 Å². The SMILES string of the molecule is CC(C)(C)c1ccc(-c2ccc(N(c3cc(-n4c5ccccc5n5c6ccccc6nc45)cc(C(C)(C)C)c3)c3ccc4c(c3)C3(c5ccccc5-c5ccccc53)c3ccccc3-4)cc2)cc1. The number of fused-ring (bicyclic) bond motifs is 15. The van der Waals surface area contributed by atoms with E-state index in [9.17, 15) is 0 Å². The van der Waals surface area contributed by atoms with E-state index in [1.54, 1.807) is 0 Å². The molecule has 68 heavy (non-hydrogen) atoms. The van der Waals surface area contributed by atoms with Gasteiger partial charge >= 0.3 is 0 Å². The van der Waals surface area contributed by atoms with Crippen LogP contribution in [0.3, 0.4) is 0 Å².